The number of carbonyl (C=O) groups excluding carboxylic acids is 3. The minimum Gasteiger partial charge on any atom is -0.422 e. The van der Waals surface area contributed by atoms with Gasteiger partial charge in [0.25, 0.3) is 5.69 Å². The number of amides is 2. The number of halogens is 1. The number of hydrazone groups is 1. The Kier molecular flexibility index (Phi) is 7.17. The molecule has 0 saturated carbocycles. The van der Waals surface area contributed by atoms with Crippen molar-refractivity contribution in [2.45, 2.75) is 0 Å². The molecule has 3 aromatic carbocycles. The second kappa shape index (κ2) is 10.4. The molecule has 33 heavy (non-hydrogen) atoms. The van der Waals surface area contributed by atoms with Gasteiger partial charge in [0.15, 0.2) is 0 Å². The van der Waals surface area contributed by atoms with Crippen LogP contribution in [0.15, 0.2) is 77.9 Å². The van der Waals surface area contributed by atoms with E-state index in [1.54, 1.807) is 12.1 Å². The third-order valence-corrected chi connectivity index (χ3v) is 4.14. The van der Waals surface area contributed by atoms with E-state index >= 15 is 0 Å². The van der Waals surface area contributed by atoms with Crippen LogP contribution in [0, 0.1) is 15.9 Å². The monoisotopic (exact) mass is 450 g/mol. The number of carbonyl (C=O) groups is 3. The smallest absolute Gasteiger partial charge is 0.350 e. The minimum absolute atomic E-state index is 0.00876. The first-order chi connectivity index (χ1) is 15.9. The summed E-state index contributed by atoms with van der Waals surface area (Å²) >= 11 is 0. The van der Waals surface area contributed by atoms with Crippen molar-refractivity contribution in [3.63, 3.8) is 0 Å². The Hall–Kier alpha value is -4.93. The molecule has 0 bridgehead atoms. The lowest BCUT2D eigenvalue weighted by Crippen LogP contribution is -2.32. The number of benzene rings is 3. The second-order valence-electron chi connectivity index (χ2n) is 6.33. The highest BCUT2D eigenvalue weighted by Crippen LogP contribution is 2.22. The number of rotatable bonds is 6. The zero-order valence-corrected chi connectivity index (χ0v) is 16.7. The number of anilines is 1. The van der Waals surface area contributed by atoms with E-state index in [1.807, 2.05) is 5.43 Å². The van der Waals surface area contributed by atoms with E-state index in [-0.39, 0.29) is 22.6 Å². The average Bonchev–Trinajstić information content (AvgIpc) is 2.81. The van der Waals surface area contributed by atoms with Crippen LogP contribution in [0.2, 0.25) is 0 Å². The van der Waals surface area contributed by atoms with Crippen molar-refractivity contribution in [3.05, 3.63) is 99.9 Å². The molecule has 0 radical (unpaired) electrons. The molecule has 0 fully saturated rings. The van der Waals surface area contributed by atoms with Gasteiger partial charge >= 0.3 is 17.8 Å². The fraction of sp³-hybridized carbons (Fsp3) is 0. The molecule has 0 spiro atoms. The summed E-state index contributed by atoms with van der Waals surface area (Å²) in [7, 11) is 0. The van der Waals surface area contributed by atoms with Crippen molar-refractivity contribution in [2.24, 2.45) is 5.10 Å². The zero-order chi connectivity index (χ0) is 23.8. The minimum atomic E-state index is -1.16. The van der Waals surface area contributed by atoms with Crippen LogP contribution < -0.4 is 15.5 Å². The Morgan fingerprint density at radius 3 is 2.36 bits per heavy atom. The van der Waals surface area contributed by atoms with E-state index < -0.39 is 34.2 Å². The summed E-state index contributed by atoms with van der Waals surface area (Å²) in [6.07, 6.45) is 1.11. The fourth-order valence-corrected chi connectivity index (χ4v) is 2.59. The quantitative estimate of drug-likeness (QED) is 0.148. The third kappa shape index (κ3) is 5.82. The van der Waals surface area contributed by atoms with Gasteiger partial charge in [0, 0.05) is 11.6 Å². The number of nitro groups is 1. The first-order valence-corrected chi connectivity index (χ1v) is 9.30. The molecule has 2 amide bonds. The van der Waals surface area contributed by atoms with Crippen LogP contribution in [-0.4, -0.2) is 28.9 Å². The number of nitrogens with zero attached hydrogens (tertiary/aromatic N) is 2. The molecule has 0 aliphatic rings. The zero-order valence-electron chi connectivity index (χ0n) is 16.7. The SMILES string of the molecule is O=C(N/N=C/c1ccccc1OC(=O)c1ccccc1[N+](=O)[O-])C(=O)Nc1ccccc1F. The number of nitro benzene ring substituents is 1. The Morgan fingerprint density at radius 1 is 0.939 bits per heavy atom. The number of nitrogens with one attached hydrogen (secondary N) is 2. The van der Waals surface area contributed by atoms with E-state index in [9.17, 15) is 28.9 Å². The second-order valence-corrected chi connectivity index (χ2v) is 6.33. The summed E-state index contributed by atoms with van der Waals surface area (Å²) in [5, 5.41) is 16.9. The van der Waals surface area contributed by atoms with Gasteiger partial charge in [-0.1, -0.05) is 36.4 Å². The maximum absolute atomic E-state index is 13.6. The molecule has 0 aliphatic carbocycles. The maximum atomic E-state index is 13.6. The first kappa shape index (κ1) is 22.7. The largest absolute Gasteiger partial charge is 0.422 e. The number of hydrogen-bond acceptors (Lipinski definition) is 7. The molecule has 0 unspecified atom stereocenters. The highest BCUT2D eigenvalue weighted by atomic mass is 19.1. The molecule has 10 nitrogen and oxygen atoms in total. The van der Waals surface area contributed by atoms with Gasteiger partial charge in [-0.2, -0.15) is 5.10 Å². The maximum Gasteiger partial charge on any atom is 0.350 e. The van der Waals surface area contributed by atoms with Gasteiger partial charge in [0.1, 0.15) is 17.1 Å². The van der Waals surface area contributed by atoms with Gasteiger partial charge in [-0.25, -0.2) is 14.6 Å². The Labute approximate surface area is 185 Å². The molecule has 3 aromatic rings. The number of esters is 1. The lowest BCUT2D eigenvalue weighted by molar-refractivity contribution is -0.385. The molecule has 2 N–H and O–H groups in total. The fourth-order valence-electron chi connectivity index (χ4n) is 2.59. The predicted octanol–water partition coefficient (Wildman–Crippen LogP) is 3.04. The van der Waals surface area contributed by atoms with E-state index in [0.29, 0.717) is 0 Å². The topological polar surface area (TPSA) is 140 Å². The van der Waals surface area contributed by atoms with Crippen molar-refractivity contribution >= 4 is 35.4 Å². The van der Waals surface area contributed by atoms with Gasteiger partial charge in [-0.3, -0.25) is 19.7 Å². The normalized spacial score (nSPS) is 10.5. The summed E-state index contributed by atoms with van der Waals surface area (Å²) in [6.45, 7) is 0. The van der Waals surface area contributed by atoms with Crippen LogP contribution in [0.4, 0.5) is 15.8 Å². The molecular weight excluding hydrogens is 435 g/mol. The number of para-hydroxylation sites is 3. The average molecular weight is 450 g/mol. The van der Waals surface area contributed by atoms with Crippen molar-refractivity contribution in [2.75, 3.05) is 5.32 Å². The molecule has 0 atom stereocenters. The highest BCUT2D eigenvalue weighted by Gasteiger charge is 2.21. The molecule has 0 aliphatic heterocycles. The van der Waals surface area contributed by atoms with E-state index in [1.165, 1.54) is 54.6 Å². The number of hydrogen-bond donors (Lipinski definition) is 2. The van der Waals surface area contributed by atoms with Crippen molar-refractivity contribution in [3.8, 4) is 5.75 Å². The molecule has 0 saturated heterocycles. The van der Waals surface area contributed by atoms with Gasteiger partial charge in [0.05, 0.1) is 16.8 Å². The van der Waals surface area contributed by atoms with Crippen LogP contribution in [0.3, 0.4) is 0 Å². The van der Waals surface area contributed by atoms with Crippen molar-refractivity contribution < 1.29 is 28.4 Å². The van der Waals surface area contributed by atoms with Gasteiger partial charge in [-0.15, -0.1) is 0 Å². The lowest BCUT2D eigenvalue weighted by Gasteiger charge is -2.07. The third-order valence-electron chi connectivity index (χ3n) is 4.14. The van der Waals surface area contributed by atoms with Crippen LogP contribution in [-0.2, 0) is 9.59 Å². The summed E-state index contributed by atoms with van der Waals surface area (Å²) in [4.78, 5) is 46.6. The summed E-state index contributed by atoms with van der Waals surface area (Å²) in [5.74, 6) is -3.97. The van der Waals surface area contributed by atoms with Crippen molar-refractivity contribution in [1.82, 2.24) is 5.43 Å². The summed E-state index contributed by atoms with van der Waals surface area (Å²) < 4.78 is 18.8. The molecular formula is C22H15FN4O6. The van der Waals surface area contributed by atoms with Crippen LogP contribution >= 0.6 is 0 Å². The molecule has 3 rings (SSSR count). The predicted molar refractivity (Wildman–Crippen MR) is 115 cm³/mol. The Balaban J connectivity index is 1.67. The van der Waals surface area contributed by atoms with Crippen molar-refractivity contribution in [1.29, 1.82) is 0 Å². The molecule has 0 heterocycles. The van der Waals surface area contributed by atoms with Crippen LogP contribution in [0.25, 0.3) is 0 Å². The van der Waals surface area contributed by atoms with Gasteiger partial charge in [-0.05, 0) is 30.3 Å². The first-order valence-electron chi connectivity index (χ1n) is 9.30. The Morgan fingerprint density at radius 2 is 1.61 bits per heavy atom. The molecule has 0 aromatic heterocycles. The number of ether oxygens (including phenoxy) is 1. The standard InChI is InChI=1S/C22H15FN4O6/c23-16-9-3-4-10-17(16)25-20(28)21(29)26-24-13-14-7-1-6-12-19(14)33-22(30)15-8-2-5-11-18(15)27(31)32/h1-13H,(H,25,28)(H,26,29)/b24-13+. The Bertz CT molecular complexity index is 1260. The van der Waals surface area contributed by atoms with E-state index in [4.69, 9.17) is 4.74 Å². The molecule has 166 valence electrons. The summed E-state index contributed by atoms with van der Waals surface area (Å²) in [6, 6.07) is 16.7. The van der Waals surface area contributed by atoms with E-state index in [0.717, 1.165) is 12.3 Å². The van der Waals surface area contributed by atoms with Crippen LogP contribution in [0.5, 0.6) is 5.75 Å². The van der Waals surface area contributed by atoms with E-state index in [2.05, 4.69) is 10.4 Å². The van der Waals surface area contributed by atoms with Gasteiger partial charge < -0.3 is 10.1 Å². The van der Waals surface area contributed by atoms with Crippen LogP contribution in [0.1, 0.15) is 15.9 Å². The molecule has 11 heteroatoms. The van der Waals surface area contributed by atoms with Gasteiger partial charge in [0.2, 0.25) is 0 Å². The highest BCUT2D eigenvalue weighted by molar-refractivity contribution is 6.39. The summed E-state index contributed by atoms with van der Waals surface area (Å²) in [5.41, 5.74) is 1.38. The lowest BCUT2D eigenvalue weighted by atomic mass is 10.2.